The van der Waals surface area contributed by atoms with Crippen LogP contribution in [0.1, 0.15) is 49.0 Å². The normalized spacial score (nSPS) is 22.4. The molecule has 1 saturated heterocycles. The number of fused-ring (bicyclic) bond motifs is 2. The van der Waals surface area contributed by atoms with Crippen molar-refractivity contribution in [2.24, 2.45) is 5.92 Å². The summed E-state index contributed by atoms with van der Waals surface area (Å²) in [6.07, 6.45) is 6.93. The van der Waals surface area contributed by atoms with Crippen molar-refractivity contribution in [3.8, 4) is 0 Å². The zero-order valence-electron chi connectivity index (χ0n) is 19.1. The van der Waals surface area contributed by atoms with Gasteiger partial charge in [-0.2, -0.15) is 0 Å². The highest BCUT2D eigenvalue weighted by molar-refractivity contribution is 5.89. The van der Waals surface area contributed by atoms with Gasteiger partial charge in [0.05, 0.1) is 5.92 Å². The van der Waals surface area contributed by atoms with Gasteiger partial charge in [0.15, 0.2) is 0 Å². The lowest BCUT2D eigenvalue weighted by Gasteiger charge is -2.45. The minimum absolute atomic E-state index is 0. The number of likely N-dealkylation sites (tertiary alicyclic amines) is 1. The number of piperidine rings is 1. The van der Waals surface area contributed by atoms with Crippen molar-refractivity contribution in [3.05, 3.63) is 65.6 Å². The van der Waals surface area contributed by atoms with Crippen LogP contribution in [0.5, 0.6) is 0 Å². The summed E-state index contributed by atoms with van der Waals surface area (Å²) < 4.78 is 2.41. The molecule has 2 aliphatic rings. The number of pyridine rings is 1. The van der Waals surface area contributed by atoms with Crippen molar-refractivity contribution in [1.82, 2.24) is 19.8 Å². The fourth-order valence-corrected chi connectivity index (χ4v) is 5.70. The number of hydrogen-bond acceptors (Lipinski definition) is 3. The standard InChI is InChI=1S/C26H32N4O.ClH/c1-17(2)30-16-18-14-24-22(21-8-6-9-23(30)25(18)21)13-19(15-29(24)3)26(31)28-12-10-20-7-4-5-11-27-20;/h4-9,11,16-17,19,22,24H,10,12-15H2,1-3H3,(H,28,31);1H/t19-,22-,24-;/m1./s1. The Morgan fingerprint density at radius 1 is 1.22 bits per heavy atom. The van der Waals surface area contributed by atoms with Gasteiger partial charge in [-0.25, -0.2) is 0 Å². The maximum Gasteiger partial charge on any atom is 0.224 e. The Kier molecular flexibility index (Phi) is 6.59. The van der Waals surface area contributed by atoms with Crippen LogP contribution >= 0.6 is 12.4 Å². The number of aromatic nitrogens is 2. The molecule has 5 rings (SSSR count). The average Bonchev–Trinajstić information content (AvgIpc) is 3.15. The number of nitrogens with one attached hydrogen (secondary N) is 1. The van der Waals surface area contributed by atoms with Crippen LogP contribution in [0.25, 0.3) is 10.9 Å². The second-order valence-corrected chi connectivity index (χ2v) is 9.51. The molecule has 0 radical (unpaired) electrons. The molecule has 1 N–H and O–H groups in total. The Bertz CT molecular complexity index is 1090. The summed E-state index contributed by atoms with van der Waals surface area (Å²) in [6, 6.07) is 13.6. The summed E-state index contributed by atoms with van der Waals surface area (Å²) >= 11 is 0. The third-order valence-electron chi connectivity index (χ3n) is 7.21. The van der Waals surface area contributed by atoms with E-state index < -0.39 is 0 Å². The van der Waals surface area contributed by atoms with Crippen molar-refractivity contribution < 1.29 is 4.79 Å². The molecule has 1 aromatic carbocycles. The van der Waals surface area contributed by atoms with E-state index in [0.717, 1.165) is 31.5 Å². The quantitative estimate of drug-likeness (QED) is 0.625. The highest BCUT2D eigenvalue weighted by Gasteiger charge is 2.41. The molecule has 2 aromatic heterocycles. The zero-order chi connectivity index (χ0) is 21.5. The molecular formula is C26H33ClN4O. The lowest BCUT2D eigenvalue weighted by molar-refractivity contribution is -0.127. The highest BCUT2D eigenvalue weighted by atomic mass is 35.5. The molecule has 0 bridgehead atoms. The van der Waals surface area contributed by atoms with Gasteiger partial charge in [-0.1, -0.05) is 18.2 Å². The minimum Gasteiger partial charge on any atom is -0.355 e. The number of carbonyl (C=O) groups is 1. The van der Waals surface area contributed by atoms with Gasteiger partial charge in [-0.05, 0) is 63.1 Å². The average molecular weight is 453 g/mol. The van der Waals surface area contributed by atoms with E-state index >= 15 is 0 Å². The summed E-state index contributed by atoms with van der Waals surface area (Å²) in [5.74, 6) is 0.613. The SMILES string of the molecule is CC(C)n1cc2c3c(cccc31)[C@H]1C[C@@H](C(=O)NCCc3ccccn3)CN(C)[C@@H]1C2.Cl. The maximum absolute atomic E-state index is 13.0. The van der Waals surface area contributed by atoms with E-state index in [4.69, 9.17) is 0 Å². The van der Waals surface area contributed by atoms with E-state index in [0.29, 0.717) is 24.5 Å². The van der Waals surface area contributed by atoms with Crippen LogP contribution in [-0.4, -0.2) is 46.5 Å². The first-order valence-corrected chi connectivity index (χ1v) is 11.5. The molecule has 1 amide bonds. The van der Waals surface area contributed by atoms with Crippen LogP contribution < -0.4 is 5.32 Å². The Morgan fingerprint density at radius 3 is 2.81 bits per heavy atom. The monoisotopic (exact) mass is 452 g/mol. The number of halogens is 1. The van der Waals surface area contributed by atoms with Crippen molar-refractivity contribution >= 4 is 29.2 Å². The third kappa shape index (κ3) is 4.04. The summed E-state index contributed by atoms with van der Waals surface area (Å²) in [7, 11) is 2.19. The fourth-order valence-electron chi connectivity index (χ4n) is 5.70. The largest absolute Gasteiger partial charge is 0.355 e. The predicted molar refractivity (Wildman–Crippen MR) is 131 cm³/mol. The molecule has 1 aliphatic heterocycles. The van der Waals surface area contributed by atoms with Gasteiger partial charge in [0.1, 0.15) is 0 Å². The minimum atomic E-state index is 0. The molecule has 1 aliphatic carbocycles. The summed E-state index contributed by atoms with van der Waals surface area (Å²) in [5.41, 5.74) is 5.25. The van der Waals surface area contributed by atoms with Crippen LogP contribution in [0, 0.1) is 5.92 Å². The molecule has 1 fully saturated rings. The van der Waals surface area contributed by atoms with E-state index in [1.165, 1.54) is 22.0 Å². The van der Waals surface area contributed by atoms with Gasteiger partial charge >= 0.3 is 0 Å². The molecule has 0 saturated carbocycles. The van der Waals surface area contributed by atoms with E-state index in [1.807, 2.05) is 18.2 Å². The van der Waals surface area contributed by atoms with Crippen LogP contribution in [0.2, 0.25) is 0 Å². The lowest BCUT2D eigenvalue weighted by atomic mass is 9.72. The smallest absolute Gasteiger partial charge is 0.224 e. The third-order valence-corrected chi connectivity index (χ3v) is 7.21. The second kappa shape index (κ2) is 9.24. The van der Waals surface area contributed by atoms with Crippen molar-refractivity contribution in [2.75, 3.05) is 20.1 Å². The highest BCUT2D eigenvalue weighted by Crippen LogP contribution is 2.45. The molecular weight excluding hydrogens is 420 g/mol. The Hall–Kier alpha value is -2.37. The zero-order valence-corrected chi connectivity index (χ0v) is 19.9. The molecule has 6 heteroatoms. The lowest BCUT2D eigenvalue weighted by Crippen LogP contribution is -2.51. The molecule has 3 aromatic rings. The number of carbonyl (C=O) groups excluding carboxylic acids is 1. The first kappa shape index (κ1) is 22.8. The van der Waals surface area contributed by atoms with E-state index in [1.54, 1.807) is 6.20 Å². The Labute approximate surface area is 196 Å². The fraction of sp³-hybridized carbons (Fsp3) is 0.462. The van der Waals surface area contributed by atoms with Crippen molar-refractivity contribution in [1.29, 1.82) is 0 Å². The number of likely N-dealkylation sites (N-methyl/N-ethyl adjacent to an activating group) is 1. The van der Waals surface area contributed by atoms with E-state index in [9.17, 15) is 4.79 Å². The molecule has 3 heterocycles. The number of amides is 1. The molecule has 32 heavy (non-hydrogen) atoms. The molecule has 3 atom stereocenters. The first-order chi connectivity index (χ1) is 15.0. The van der Waals surface area contributed by atoms with Crippen LogP contribution in [0.15, 0.2) is 48.8 Å². The van der Waals surface area contributed by atoms with Crippen LogP contribution in [-0.2, 0) is 17.6 Å². The topological polar surface area (TPSA) is 50.2 Å². The maximum atomic E-state index is 13.0. The molecule has 0 spiro atoms. The summed E-state index contributed by atoms with van der Waals surface area (Å²) in [4.78, 5) is 19.8. The Balaban J connectivity index is 0.00000245. The molecule has 5 nitrogen and oxygen atoms in total. The van der Waals surface area contributed by atoms with Gasteiger partial charge in [0.25, 0.3) is 0 Å². The van der Waals surface area contributed by atoms with Crippen LogP contribution in [0.4, 0.5) is 0 Å². The first-order valence-electron chi connectivity index (χ1n) is 11.5. The number of hydrogen-bond donors (Lipinski definition) is 1. The van der Waals surface area contributed by atoms with Gasteiger partial charge in [-0.15, -0.1) is 12.4 Å². The van der Waals surface area contributed by atoms with Gasteiger partial charge in [0, 0.05) is 66.5 Å². The number of benzene rings is 1. The summed E-state index contributed by atoms with van der Waals surface area (Å²) in [6.45, 7) is 5.96. The van der Waals surface area contributed by atoms with Gasteiger partial charge in [-0.3, -0.25) is 9.78 Å². The number of rotatable bonds is 5. The molecule has 170 valence electrons. The Morgan fingerprint density at radius 2 is 2.06 bits per heavy atom. The predicted octanol–water partition coefficient (Wildman–Crippen LogP) is 4.36. The summed E-state index contributed by atoms with van der Waals surface area (Å²) in [5, 5.41) is 4.60. The van der Waals surface area contributed by atoms with Crippen molar-refractivity contribution in [3.63, 3.8) is 0 Å². The van der Waals surface area contributed by atoms with Gasteiger partial charge < -0.3 is 14.8 Å². The van der Waals surface area contributed by atoms with Crippen LogP contribution in [0.3, 0.4) is 0 Å². The second-order valence-electron chi connectivity index (χ2n) is 9.51. The van der Waals surface area contributed by atoms with E-state index in [-0.39, 0.29) is 24.2 Å². The van der Waals surface area contributed by atoms with Crippen molar-refractivity contribution in [2.45, 2.75) is 51.1 Å². The molecule has 0 unspecified atom stereocenters. The van der Waals surface area contributed by atoms with E-state index in [2.05, 4.69) is 65.1 Å². The van der Waals surface area contributed by atoms with Gasteiger partial charge in [0.2, 0.25) is 5.91 Å². The number of nitrogens with zero attached hydrogens (tertiary/aromatic N) is 3.